The first-order valence-electron chi connectivity index (χ1n) is 9.45. The van der Waals surface area contributed by atoms with Crippen LogP contribution in [0.3, 0.4) is 0 Å². The lowest BCUT2D eigenvalue weighted by Gasteiger charge is -2.46. The quantitative estimate of drug-likeness (QED) is 0.801. The summed E-state index contributed by atoms with van der Waals surface area (Å²) in [5.74, 6) is 0.517. The average Bonchev–Trinajstić information content (AvgIpc) is 2.62. The lowest BCUT2D eigenvalue weighted by atomic mass is 9.65. The van der Waals surface area contributed by atoms with Gasteiger partial charge in [0.15, 0.2) is 0 Å². The molecule has 0 saturated heterocycles. The summed E-state index contributed by atoms with van der Waals surface area (Å²) < 4.78 is 6.06. The Hall–Kier alpha value is -1.64. The van der Waals surface area contributed by atoms with E-state index in [-0.39, 0.29) is 24.0 Å². The van der Waals surface area contributed by atoms with Gasteiger partial charge in [0.1, 0.15) is 0 Å². The van der Waals surface area contributed by atoms with Crippen molar-refractivity contribution in [1.29, 1.82) is 0 Å². The van der Waals surface area contributed by atoms with E-state index in [9.17, 15) is 5.11 Å². The van der Waals surface area contributed by atoms with Crippen molar-refractivity contribution >= 4 is 16.8 Å². The molecule has 0 amide bonds. The first-order valence-corrected chi connectivity index (χ1v) is 9.45. The summed E-state index contributed by atoms with van der Waals surface area (Å²) in [6.07, 6.45) is 6.86. The third kappa shape index (κ3) is 3.80. The number of aliphatic hydroxyl groups is 1. The van der Waals surface area contributed by atoms with Crippen molar-refractivity contribution in [1.82, 2.24) is 0 Å². The van der Waals surface area contributed by atoms with Crippen molar-refractivity contribution in [3.05, 3.63) is 54.1 Å². The molecule has 1 saturated carbocycles. The SMILES string of the molecule is CCO[C@@H]1[C@@H](CO)[C@@H](C=Cc2cccc3ccccc23)CCC1(C)C. The predicted molar refractivity (Wildman–Crippen MR) is 105 cm³/mol. The molecular weight excluding hydrogens is 308 g/mol. The van der Waals surface area contributed by atoms with Crippen LogP contribution in [-0.4, -0.2) is 24.4 Å². The van der Waals surface area contributed by atoms with Gasteiger partial charge in [-0.3, -0.25) is 0 Å². The molecule has 0 aliphatic heterocycles. The maximum absolute atomic E-state index is 10.0. The third-order valence-corrected chi connectivity index (χ3v) is 5.73. The van der Waals surface area contributed by atoms with Gasteiger partial charge in [-0.15, -0.1) is 0 Å². The second kappa shape index (κ2) is 7.72. The second-order valence-corrected chi connectivity index (χ2v) is 7.84. The van der Waals surface area contributed by atoms with Crippen LogP contribution in [0.1, 0.15) is 39.2 Å². The highest BCUT2D eigenvalue weighted by atomic mass is 16.5. The molecule has 1 aliphatic rings. The molecule has 3 rings (SSSR count). The highest BCUT2D eigenvalue weighted by Crippen LogP contribution is 2.44. The zero-order valence-electron chi connectivity index (χ0n) is 15.6. The van der Waals surface area contributed by atoms with Gasteiger partial charge in [0.2, 0.25) is 0 Å². The van der Waals surface area contributed by atoms with Crippen LogP contribution in [0.2, 0.25) is 0 Å². The Morgan fingerprint density at radius 3 is 2.68 bits per heavy atom. The summed E-state index contributed by atoms with van der Waals surface area (Å²) in [7, 11) is 0. The van der Waals surface area contributed by atoms with Crippen LogP contribution in [0.5, 0.6) is 0 Å². The predicted octanol–water partition coefficient (Wildman–Crippen LogP) is 5.30. The van der Waals surface area contributed by atoms with Gasteiger partial charge in [-0.1, -0.05) is 68.5 Å². The van der Waals surface area contributed by atoms with Gasteiger partial charge < -0.3 is 9.84 Å². The minimum Gasteiger partial charge on any atom is -0.396 e. The Balaban J connectivity index is 1.86. The Kier molecular flexibility index (Phi) is 5.61. The molecule has 2 heteroatoms. The van der Waals surface area contributed by atoms with Crippen LogP contribution in [0.15, 0.2) is 48.5 Å². The van der Waals surface area contributed by atoms with E-state index >= 15 is 0 Å². The van der Waals surface area contributed by atoms with Crippen molar-refractivity contribution in [2.45, 2.75) is 39.7 Å². The van der Waals surface area contributed by atoms with Crippen LogP contribution in [-0.2, 0) is 4.74 Å². The van der Waals surface area contributed by atoms with Crippen LogP contribution in [0.25, 0.3) is 16.8 Å². The van der Waals surface area contributed by atoms with Crippen LogP contribution >= 0.6 is 0 Å². The van der Waals surface area contributed by atoms with Crippen LogP contribution in [0.4, 0.5) is 0 Å². The number of fused-ring (bicyclic) bond motifs is 1. The number of benzene rings is 2. The monoisotopic (exact) mass is 338 g/mol. The number of aliphatic hydroxyl groups excluding tert-OH is 1. The zero-order chi connectivity index (χ0) is 17.9. The fourth-order valence-electron chi connectivity index (χ4n) is 4.32. The van der Waals surface area contributed by atoms with Crippen molar-refractivity contribution in [2.24, 2.45) is 17.3 Å². The van der Waals surface area contributed by atoms with E-state index in [0.29, 0.717) is 12.5 Å². The fourth-order valence-corrected chi connectivity index (χ4v) is 4.32. The first kappa shape index (κ1) is 18.2. The van der Waals surface area contributed by atoms with Gasteiger partial charge in [0, 0.05) is 19.1 Å². The zero-order valence-corrected chi connectivity index (χ0v) is 15.6. The van der Waals surface area contributed by atoms with Gasteiger partial charge in [-0.05, 0) is 47.4 Å². The van der Waals surface area contributed by atoms with Gasteiger partial charge in [-0.25, -0.2) is 0 Å². The highest BCUT2D eigenvalue weighted by molar-refractivity contribution is 5.90. The minimum atomic E-state index is 0.110. The molecule has 0 aromatic heterocycles. The molecule has 134 valence electrons. The van der Waals surface area contributed by atoms with Crippen LogP contribution in [0, 0.1) is 17.3 Å². The van der Waals surface area contributed by atoms with Gasteiger partial charge >= 0.3 is 0 Å². The maximum Gasteiger partial charge on any atom is 0.0681 e. The maximum atomic E-state index is 10.0. The summed E-state index contributed by atoms with van der Waals surface area (Å²) in [5, 5.41) is 12.6. The third-order valence-electron chi connectivity index (χ3n) is 5.73. The summed E-state index contributed by atoms with van der Waals surface area (Å²) in [6, 6.07) is 14.9. The van der Waals surface area contributed by atoms with E-state index in [4.69, 9.17) is 4.74 Å². The largest absolute Gasteiger partial charge is 0.396 e. The number of hydrogen-bond acceptors (Lipinski definition) is 2. The lowest BCUT2D eigenvalue weighted by molar-refractivity contribution is -0.107. The summed E-state index contributed by atoms with van der Waals surface area (Å²) in [5.41, 5.74) is 1.36. The Labute approximate surface area is 151 Å². The standard InChI is InChI=1S/C23H30O2/c1-4-25-22-21(16-24)19(14-15-23(22,2)3)13-12-18-10-7-9-17-8-5-6-11-20(17)18/h5-13,19,21-22,24H,4,14-16H2,1-3H3/t19-,21-,22+/m0/s1. The minimum absolute atomic E-state index is 0.110. The van der Waals surface area contributed by atoms with Crippen LogP contribution < -0.4 is 0 Å². The lowest BCUT2D eigenvalue weighted by Crippen LogP contribution is -2.47. The van der Waals surface area contributed by atoms with Gasteiger partial charge in [0.25, 0.3) is 0 Å². The molecule has 1 N–H and O–H groups in total. The number of ether oxygens (including phenoxy) is 1. The highest BCUT2D eigenvalue weighted by Gasteiger charge is 2.43. The topological polar surface area (TPSA) is 29.5 Å². The molecule has 0 unspecified atom stereocenters. The van der Waals surface area contributed by atoms with Crippen molar-refractivity contribution in [3.8, 4) is 0 Å². The molecule has 0 bridgehead atoms. The molecule has 0 heterocycles. The summed E-state index contributed by atoms with van der Waals surface area (Å²) >= 11 is 0. The number of rotatable bonds is 5. The van der Waals surface area contributed by atoms with Gasteiger partial charge in [-0.2, -0.15) is 0 Å². The first-order chi connectivity index (χ1) is 12.1. The molecule has 1 aliphatic carbocycles. The van der Waals surface area contributed by atoms with Crippen molar-refractivity contribution < 1.29 is 9.84 Å². The van der Waals surface area contributed by atoms with Crippen molar-refractivity contribution in [2.75, 3.05) is 13.2 Å². The molecular formula is C23H30O2. The number of allylic oxidation sites excluding steroid dienone is 1. The normalized spacial score (nSPS) is 26.3. The Morgan fingerprint density at radius 2 is 1.92 bits per heavy atom. The molecule has 2 nitrogen and oxygen atoms in total. The van der Waals surface area contributed by atoms with E-state index in [1.54, 1.807) is 0 Å². The second-order valence-electron chi connectivity index (χ2n) is 7.84. The number of hydrogen-bond donors (Lipinski definition) is 1. The molecule has 3 atom stereocenters. The molecule has 0 spiro atoms. The van der Waals surface area contributed by atoms with E-state index in [2.05, 4.69) is 68.5 Å². The van der Waals surface area contributed by atoms with Crippen molar-refractivity contribution in [3.63, 3.8) is 0 Å². The molecule has 2 aromatic carbocycles. The van der Waals surface area contributed by atoms with E-state index < -0.39 is 0 Å². The summed E-state index contributed by atoms with van der Waals surface area (Å²) in [4.78, 5) is 0. The van der Waals surface area contributed by atoms with E-state index in [1.165, 1.54) is 16.3 Å². The van der Waals surface area contributed by atoms with E-state index in [1.807, 2.05) is 6.92 Å². The molecule has 25 heavy (non-hydrogen) atoms. The molecule has 1 fully saturated rings. The summed E-state index contributed by atoms with van der Waals surface area (Å²) in [6.45, 7) is 7.45. The van der Waals surface area contributed by atoms with E-state index in [0.717, 1.165) is 12.8 Å². The fraction of sp³-hybridized carbons (Fsp3) is 0.478. The Morgan fingerprint density at radius 1 is 1.16 bits per heavy atom. The Bertz CT molecular complexity index is 726. The molecule has 2 aromatic rings. The smallest absolute Gasteiger partial charge is 0.0681 e. The van der Waals surface area contributed by atoms with Gasteiger partial charge in [0.05, 0.1) is 6.10 Å². The average molecular weight is 338 g/mol. The molecule has 0 radical (unpaired) electrons.